The summed E-state index contributed by atoms with van der Waals surface area (Å²) in [5.74, 6) is 0.897. The first-order valence-corrected chi connectivity index (χ1v) is 5.27. The van der Waals surface area contributed by atoms with Crippen molar-refractivity contribution < 1.29 is 0 Å². The summed E-state index contributed by atoms with van der Waals surface area (Å²) in [6, 6.07) is 1.60. The zero-order valence-electron chi connectivity index (χ0n) is 8.00. The van der Waals surface area contributed by atoms with E-state index in [1.807, 2.05) is 0 Å². The maximum atomic E-state index is 5.78. The fraction of sp³-hybridized carbons (Fsp3) is 1.00. The molecule has 2 N–H and O–H groups in total. The molecule has 12 heavy (non-hydrogen) atoms. The average molecular weight is 168 g/mol. The first-order chi connectivity index (χ1) is 5.81. The lowest BCUT2D eigenvalue weighted by Crippen LogP contribution is -2.47. The van der Waals surface area contributed by atoms with Gasteiger partial charge in [-0.3, -0.25) is 4.90 Å². The molecule has 1 saturated heterocycles. The van der Waals surface area contributed by atoms with Crippen molar-refractivity contribution in [1.29, 1.82) is 0 Å². The van der Waals surface area contributed by atoms with E-state index >= 15 is 0 Å². The summed E-state index contributed by atoms with van der Waals surface area (Å²) < 4.78 is 0. The van der Waals surface area contributed by atoms with Crippen LogP contribution in [0.4, 0.5) is 0 Å². The van der Waals surface area contributed by atoms with Crippen LogP contribution in [0.2, 0.25) is 0 Å². The maximum Gasteiger partial charge on any atom is 0.0223 e. The van der Waals surface area contributed by atoms with E-state index in [0.29, 0.717) is 6.04 Å². The summed E-state index contributed by atoms with van der Waals surface area (Å²) in [6.07, 6.45) is 5.55. The smallest absolute Gasteiger partial charge is 0.0223 e. The normalized spacial score (nSPS) is 38.5. The Hall–Kier alpha value is -0.0800. The minimum absolute atomic E-state index is 0.696. The van der Waals surface area contributed by atoms with Gasteiger partial charge in [-0.2, -0.15) is 0 Å². The van der Waals surface area contributed by atoms with Crippen molar-refractivity contribution in [1.82, 2.24) is 4.90 Å². The maximum absolute atomic E-state index is 5.78. The van der Waals surface area contributed by atoms with Crippen LogP contribution < -0.4 is 5.73 Å². The van der Waals surface area contributed by atoms with Gasteiger partial charge < -0.3 is 5.73 Å². The van der Waals surface area contributed by atoms with Gasteiger partial charge in [0.2, 0.25) is 0 Å². The summed E-state index contributed by atoms with van der Waals surface area (Å²) in [4.78, 5) is 2.65. The third kappa shape index (κ3) is 1.64. The van der Waals surface area contributed by atoms with Crippen LogP contribution in [0.15, 0.2) is 0 Å². The predicted octanol–water partition coefficient (Wildman–Crippen LogP) is 1.21. The molecule has 0 bridgehead atoms. The highest BCUT2D eigenvalue weighted by molar-refractivity contribution is 4.92. The quantitative estimate of drug-likeness (QED) is 0.671. The standard InChI is InChI=1S/C10H20N2/c1-8-4-5-12(9-2-3-9)10(6-8)7-11/h8-10H,2-7,11H2,1H3. The molecule has 2 aliphatic rings. The van der Waals surface area contributed by atoms with Crippen LogP contribution in [0, 0.1) is 5.92 Å². The molecule has 1 heterocycles. The van der Waals surface area contributed by atoms with E-state index in [4.69, 9.17) is 5.73 Å². The lowest BCUT2D eigenvalue weighted by atomic mass is 9.92. The molecule has 2 fully saturated rings. The molecule has 1 saturated carbocycles. The van der Waals surface area contributed by atoms with Gasteiger partial charge in [0.15, 0.2) is 0 Å². The van der Waals surface area contributed by atoms with Gasteiger partial charge in [-0.15, -0.1) is 0 Å². The van der Waals surface area contributed by atoms with Crippen molar-refractivity contribution in [3.8, 4) is 0 Å². The molecule has 2 heteroatoms. The molecule has 0 aromatic heterocycles. The van der Waals surface area contributed by atoms with Crippen LogP contribution in [-0.2, 0) is 0 Å². The molecule has 0 radical (unpaired) electrons. The van der Waals surface area contributed by atoms with Crippen LogP contribution in [0.1, 0.15) is 32.6 Å². The Morgan fingerprint density at radius 1 is 1.33 bits per heavy atom. The molecule has 2 rings (SSSR count). The van der Waals surface area contributed by atoms with E-state index in [9.17, 15) is 0 Å². The van der Waals surface area contributed by atoms with Crippen LogP contribution in [0.25, 0.3) is 0 Å². The van der Waals surface area contributed by atoms with Crippen LogP contribution in [0.3, 0.4) is 0 Å². The van der Waals surface area contributed by atoms with Gasteiger partial charge >= 0.3 is 0 Å². The first kappa shape index (κ1) is 8.52. The number of rotatable bonds is 2. The number of nitrogens with zero attached hydrogens (tertiary/aromatic N) is 1. The van der Waals surface area contributed by atoms with Gasteiger partial charge in [0.1, 0.15) is 0 Å². The van der Waals surface area contributed by atoms with Gasteiger partial charge in [0.05, 0.1) is 0 Å². The highest BCUT2D eigenvalue weighted by Gasteiger charge is 2.35. The van der Waals surface area contributed by atoms with Crippen molar-refractivity contribution >= 4 is 0 Å². The van der Waals surface area contributed by atoms with Crippen molar-refractivity contribution in [3.05, 3.63) is 0 Å². The Balaban J connectivity index is 1.92. The molecular formula is C10H20N2. The van der Waals surface area contributed by atoms with Crippen LogP contribution >= 0.6 is 0 Å². The fourth-order valence-electron chi connectivity index (χ4n) is 2.39. The Kier molecular flexibility index (Phi) is 2.37. The summed E-state index contributed by atoms with van der Waals surface area (Å²) >= 11 is 0. The highest BCUT2D eigenvalue weighted by atomic mass is 15.2. The number of hydrogen-bond acceptors (Lipinski definition) is 2. The van der Waals surface area contributed by atoms with E-state index in [1.165, 1.54) is 32.2 Å². The Bertz CT molecular complexity index is 154. The van der Waals surface area contributed by atoms with E-state index in [-0.39, 0.29) is 0 Å². The molecule has 1 aliphatic carbocycles. The van der Waals surface area contributed by atoms with Gasteiger partial charge in [0, 0.05) is 18.6 Å². The number of piperidine rings is 1. The molecular weight excluding hydrogens is 148 g/mol. The molecule has 0 aromatic carbocycles. The molecule has 2 atom stereocenters. The van der Waals surface area contributed by atoms with E-state index < -0.39 is 0 Å². The molecule has 0 amide bonds. The minimum Gasteiger partial charge on any atom is -0.329 e. The van der Waals surface area contributed by atoms with Crippen molar-refractivity contribution in [2.24, 2.45) is 11.7 Å². The minimum atomic E-state index is 0.696. The van der Waals surface area contributed by atoms with E-state index in [2.05, 4.69) is 11.8 Å². The average Bonchev–Trinajstić information content (AvgIpc) is 2.87. The molecule has 2 unspecified atom stereocenters. The van der Waals surface area contributed by atoms with E-state index in [1.54, 1.807) is 0 Å². The monoisotopic (exact) mass is 168 g/mol. The summed E-state index contributed by atoms with van der Waals surface area (Å²) in [6.45, 7) is 4.52. The second-order valence-electron chi connectivity index (χ2n) is 4.49. The van der Waals surface area contributed by atoms with Gasteiger partial charge in [-0.25, -0.2) is 0 Å². The second kappa shape index (κ2) is 3.35. The Morgan fingerprint density at radius 3 is 2.67 bits per heavy atom. The molecule has 2 nitrogen and oxygen atoms in total. The second-order valence-corrected chi connectivity index (χ2v) is 4.49. The number of likely N-dealkylation sites (tertiary alicyclic amines) is 1. The van der Waals surface area contributed by atoms with Crippen molar-refractivity contribution in [3.63, 3.8) is 0 Å². The highest BCUT2D eigenvalue weighted by Crippen LogP contribution is 2.33. The summed E-state index contributed by atoms with van der Waals surface area (Å²) in [5, 5.41) is 0. The topological polar surface area (TPSA) is 29.3 Å². The fourth-order valence-corrected chi connectivity index (χ4v) is 2.39. The first-order valence-electron chi connectivity index (χ1n) is 5.27. The van der Waals surface area contributed by atoms with Gasteiger partial charge in [-0.05, 0) is 38.1 Å². The molecule has 0 aromatic rings. The SMILES string of the molecule is CC1CCN(C2CC2)C(CN)C1. The van der Waals surface area contributed by atoms with Crippen LogP contribution in [-0.4, -0.2) is 30.1 Å². The predicted molar refractivity (Wildman–Crippen MR) is 51.0 cm³/mol. The largest absolute Gasteiger partial charge is 0.329 e. The molecule has 70 valence electrons. The molecule has 1 aliphatic heterocycles. The zero-order valence-corrected chi connectivity index (χ0v) is 8.00. The number of nitrogens with two attached hydrogens (primary N) is 1. The third-order valence-electron chi connectivity index (χ3n) is 3.31. The lowest BCUT2D eigenvalue weighted by Gasteiger charge is -2.38. The lowest BCUT2D eigenvalue weighted by molar-refractivity contribution is 0.114. The number of hydrogen-bond donors (Lipinski definition) is 1. The Labute approximate surface area is 75.1 Å². The van der Waals surface area contributed by atoms with E-state index in [0.717, 1.165) is 18.5 Å². The summed E-state index contributed by atoms with van der Waals surface area (Å²) in [5.41, 5.74) is 5.78. The van der Waals surface area contributed by atoms with Crippen molar-refractivity contribution in [2.45, 2.75) is 44.7 Å². The molecule has 0 spiro atoms. The Morgan fingerprint density at radius 2 is 2.08 bits per heavy atom. The summed E-state index contributed by atoms with van der Waals surface area (Å²) in [7, 11) is 0. The third-order valence-corrected chi connectivity index (χ3v) is 3.31. The van der Waals surface area contributed by atoms with Crippen LogP contribution in [0.5, 0.6) is 0 Å². The van der Waals surface area contributed by atoms with Gasteiger partial charge in [-0.1, -0.05) is 6.92 Å². The zero-order chi connectivity index (χ0) is 8.55. The van der Waals surface area contributed by atoms with Crippen molar-refractivity contribution in [2.75, 3.05) is 13.1 Å². The van der Waals surface area contributed by atoms with Gasteiger partial charge in [0.25, 0.3) is 0 Å².